The fraction of sp³-hybridized carbons (Fsp3) is 0.600. The standard InChI is InChI=1S/C30H49N3.2BrH.Co/c1-21(2)25-13-10-14-26(22(3)4)29(25)31-17-12-19-33(9)20-18-32-30-27(23(5)6)15-11-16-28(30)24(7)8;;;/h10-11,13-16,21-24,31-32H,12,17-20H2,1-9H3;2*1H;/q;;;+2/p-2. The van der Waals surface area contributed by atoms with E-state index in [9.17, 15) is 0 Å². The third kappa shape index (κ3) is 11.1. The molecule has 2 aromatic carbocycles. The molecule has 0 saturated heterocycles. The molecule has 3 nitrogen and oxygen atoms in total. The molecule has 0 aromatic heterocycles. The number of rotatable bonds is 13. The molecular formula is C30H49Br2CoN3. The van der Waals surface area contributed by atoms with Gasteiger partial charge < -0.3 is 49.5 Å². The first-order chi connectivity index (χ1) is 15.6. The minimum atomic E-state index is 0. The van der Waals surface area contributed by atoms with Crippen LogP contribution in [0.2, 0.25) is 0 Å². The Hall–Kier alpha value is -0.534. The first-order valence-electron chi connectivity index (χ1n) is 13.0. The van der Waals surface area contributed by atoms with Gasteiger partial charge in [-0.1, -0.05) is 91.8 Å². The van der Waals surface area contributed by atoms with Crippen LogP contribution in [0.3, 0.4) is 0 Å². The number of para-hydroxylation sites is 2. The van der Waals surface area contributed by atoms with Gasteiger partial charge in [0.2, 0.25) is 0 Å². The van der Waals surface area contributed by atoms with Crippen LogP contribution in [0.15, 0.2) is 36.4 Å². The first kappa shape index (κ1) is 37.6. The van der Waals surface area contributed by atoms with Crippen LogP contribution in [-0.2, 0) is 16.8 Å². The monoisotopic (exact) mass is 668 g/mol. The van der Waals surface area contributed by atoms with Gasteiger partial charge >= 0.3 is 16.8 Å². The Morgan fingerprint density at radius 2 is 0.917 bits per heavy atom. The maximum Gasteiger partial charge on any atom is 2.00 e. The molecule has 6 heteroatoms. The fourth-order valence-corrected chi connectivity index (χ4v) is 4.56. The predicted molar refractivity (Wildman–Crippen MR) is 148 cm³/mol. The summed E-state index contributed by atoms with van der Waals surface area (Å²) >= 11 is 0. The molecule has 0 aliphatic rings. The van der Waals surface area contributed by atoms with E-state index in [1.54, 1.807) is 0 Å². The van der Waals surface area contributed by atoms with Crippen molar-refractivity contribution in [3.63, 3.8) is 0 Å². The normalized spacial score (nSPS) is 10.9. The first-order valence-corrected chi connectivity index (χ1v) is 13.0. The average molecular weight is 670 g/mol. The largest absolute Gasteiger partial charge is 2.00 e. The van der Waals surface area contributed by atoms with E-state index in [-0.39, 0.29) is 50.7 Å². The van der Waals surface area contributed by atoms with Gasteiger partial charge in [-0.15, -0.1) is 0 Å². The summed E-state index contributed by atoms with van der Waals surface area (Å²) in [4.78, 5) is 2.44. The molecule has 36 heavy (non-hydrogen) atoms. The van der Waals surface area contributed by atoms with Crippen LogP contribution in [0.4, 0.5) is 11.4 Å². The maximum absolute atomic E-state index is 3.78. The molecule has 0 fully saturated rings. The predicted octanol–water partition coefficient (Wildman–Crippen LogP) is 2.03. The zero-order valence-electron chi connectivity index (χ0n) is 23.8. The van der Waals surface area contributed by atoms with Gasteiger partial charge in [0, 0.05) is 31.0 Å². The van der Waals surface area contributed by atoms with E-state index in [0.717, 1.165) is 32.6 Å². The van der Waals surface area contributed by atoms with Crippen molar-refractivity contribution in [3.05, 3.63) is 58.7 Å². The second kappa shape index (κ2) is 18.7. The van der Waals surface area contributed by atoms with Gasteiger partial charge in [-0.05, 0) is 65.9 Å². The molecule has 0 aliphatic carbocycles. The summed E-state index contributed by atoms with van der Waals surface area (Å²) in [7, 11) is 2.24. The Bertz CT molecular complexity index is 817. The Morgan fingerprint density at radius 1 is 0.583 bits per heavy atom. The van der Waals surface area contributed by atoms with E-state index < -0.39 is 0 Å². The number of likely N-dealkylation sites (N-methyl/N-ethyl adjacent to an activating group) is 1. The summed E-state index contributed by atoms with van der Waals surface area (Å²) in [5.41, 5.74) is 8.44. The number of nitrogens with one attached hydrogen (secondary N) is 2. The van der Waals surface area contributed by atoms with Gasteiger partial charge in [-0.2, -0.15) is 0 Å². The van der Waals surface area contributed by atoms with E-state index in [1.807, 2.05) is 0 Å². The average Bonchev–Trinajstić information content (AvgIpc) is 2.76. The van der Waals surface area contributed by atoms with E-state index >= 15 is 0 Å². The van der Waals surface area contributed by atoms with Crippen molar-refractivity contribution in [2.45, 2.75) is 85.5 Å². The van der Waals surface area contributed by atoms with Crippen LogP contribution < -0.4 is 44.6 Å². The van der Waals surface area contributed by atoms with Crippen molar-refractivity contribution in [1.82, 2.24) is 4.90 Å². The van der Waals surface area contributed by atoms with Gasteiger partial charge in [0.25, 0.3) is 0 Å². The number of benzene rings is 2. The maximum atomic E-state index is 3.78. The quantitative estimate of drug-likeness (QED) is 0.320. The zero-order valence-corrected chi connectivity index (χ0v) is 28.1. The SMILES string of the molecule is CC(C)c1cccc(C(C)C)c1NCCCN(C)CCNc1c(C(C)C)cccc1C(C)C.[Br-].[Br-].[Co+2]. The molecule has 2 rings (SSSR count). The summed E-state index contributed by atoms with van der Waals surface area (Å²) in [5.74, 6) is 2.12. The summed E-state index contributed by atoms with van der Waals surface area (Å²) in [5, 5.41) is 7.55. The Balaban J connectivity index is 0. The van der Waals surface area contributed by atoms with Crippen molar-refractivity contribution < 1.29 is 50.7 Å². The number of anilines is 2. The second-order valence-corrected chi connectivity index (χ2v) is 10.8. The van der Waals surface area contributed by atoms with Crippen molar-refractivity contribution >= 4 is 11.4 Å². The number of halogens is 2. The molecule has 0 saturated carbocycles. The van der Waals surface area contributed by atoms with Crippen LogP contribution in [0.25, 0.3) is 0 Å². The van der Waals surface area contributed by atoms with Crippen LogP contribution in [0, 0.1) is 0 Å². The Labute approximate surface area is 253 Å². The van der Waals surface area contributed by atoms with Crippen LogP contribution >= 0.6 is 0 Å². The Kier molecular flexibility index (Phi) is 19.5. The summed E-state index contributed by atoms with van der Waals surface area (Å²) in [6.45, 7) is 22.4. The van der Waals surface area contributed by atoms with E-state index in [0.29, 0.717) is 23.7 Å². The molecule has 0 unspecified atom stereocenters. The van der Waals surface area contributed by atoms with Crippen molar-refractivity contribution in [3.8, 4) is 0 Å². The van der Waals surface area contributed by atoms with Gasteiger partial charge in [-0.3, -0.25) is 0 Å². The van der Waals surface area contributed by atoms with Crippen molar-refractivity contribution in [2.75, 3.05) is 43.9 Å². The second-order valence-electron chi connectivity index (χ2n) is 10.8. The number of nitrogens with zero attached hydrogens (tertiary/aromatic N) is 1. The molecule has 0 amide bonds. The van der Waals surface area contributed by atoms with Gasteiger partial charge in [0.1, 0.15) is 0 Å². The van der Waals surface area contributed by atoms with E-state index in [4.69, 9.17) is 0 Å². The molecule has 0 spiro atoms. The molecule has 0 heterocycles. The van der Waals surface area contributed by atoms with Crippen LogP contribution in [0.5, 0.6) is 0 Å². The van der Waals surface area contributed by atoms with E-state index in [1.165, 1.54) is 33.6 Å². The zero-order chi connectivity index (χ0) is 24.5. The smallest absolute Gasteiger partial charge is 1.00 e. The summed E-state index contributed by atoms with van der Waals surface area (Å²) in [6.07, 6.45) is 1.14. The topological polar surface area (TPSA) is 27.3 Å². The Morgan fingerprint density at radius 3 is 1.25 bits per heavy atom. The van der Waals surface area contributed by atoms with Crippen molar-refractivity contribution in [2.24, 2.45) is 0 Å². The summed E-state index contributed by atoms with van der Waals surface area (Å²) < 4.78 is 0. The third-order valence-corrected chi connectivity index (χ3v) is 6.56. The van der Waals surface area contributed by atoms with Crippen LogP contribution in [0.1, 0.15) is 108 Å². The van der Waals surface area contributed by atoms with E-state index in [2.05, 4.69) is 114 Å². The van der Waals surface area contributed by atoms with Gasteiger partial charge in [0.15, 0.2) is 0 Å². The molecule has 2 N–H and O–H groups in total. The third-order valence-electron chi connectivity index (χ3n) is 6.56. The molecule has 1 radical (unpaired) electrons. The minimum Gasteiger partial charge on any atom is -1.00 e. The van der Waals surface area contributed by atoms with Crippen LogP contribution in [-0.4, -0.2) is 38.1 Å². The number of hydrogen-bond donors (Lipinski definition) is 2. The molecule has 0 aliphatic heterocycles. The molecular weight excluding hydrogens is 621 g/mol. The number of hydrogen-bond acceptors (Lipinski definition) is 3. The molecule has 2 aromatic rings. The van der Waals surface area contributed by atoms with Gasteiger partial charge in [0.05, 0.1) is 0 Å². The fourth-order valence-electron chi connectivity index (χ4n) is 4.56. The molecule has 207 valence electrons. The molecule has 0 atom stereocenters. The minimum absolute atomic E-state index is 0. The van der Waals surface area contributed by atoms with Crippen molar-refractivity contribution in [1.29, 1.82) is 0 Å². The van der Waals surface area contributed by atoms with Gasteiger partial charge in [-0.25, -0.2) is 0 Å². The molecule has 0 bridgehead atoms. The summed E-state index contributed by atoms with van der Waals surface area (Å²) in [6, 6.07) is 13.5.